The number of imidazole rings is 1. The maximum atomic E-state index is 15.2. The van der Waals surface area contributed by atoms with E-state index in [1.807, 2.05) is 0 Å². The Balaban J connectivity index is 1.76. The summed E-state index contributed by atoms with van der Waals surface area (Å²) in [6.45, 7) is 2.06. The second-order valence-electron chi connectivity index (χ2n) is 8.05. The molecule has 1 fully saturated rings. The Bertz CT molecular complexity index is 1130. The first-order chi connectivity index (χ1) is 15.7. The monoisotopic (exact) mass is 464 g/mol. The van der Waals surface area contributed by atoms with E-state index in [0.29, 0.717) is 11.4 Å². The van der Waals surface area contributed by atoms with E-state index >= 15 is 4.39 Å². The van der Waals surface area contributed by atoms with Crippen molar-refractivity contribution in [2.24, 2.45) is 5.73 Å². The number of benzene rings is 1. The van der Waals surface area contributed by atoms with Crippen LogP contribution in [0.1, 0.15) is 6.92 Å². The van der Waals surface area contributed by atoms with Gasteiger partial charge in [-0.1, -0.05) is 0 Å². The van der Waals surface area contributed by atoms with E-state index in [9.17, 15) is 18.4 Å². The van der Waals surface area contributed by atoms with Gasteiger partial charge in [-0.05, 0) is 26.1 Å². The summed E-state index contributed by atoms with van der Waals surface area (Å²) >= 11 is 0. The van der Waals surface area contributed by atoms with Crippen LogP contribution in [0.5, 0.6) is 5.75 Å². The molecule has 12 heteroatoms. The normalized spacial score (nSPS) is 19.3. The number of carbonyl (C=O) groups excluding carboxylic acids is 2. The van der Waals surface area contributed by atoms with E-state index in [2.05, 4.69) is 10.3 Å². The summed E-state index contributed by atoms with van der Waals surface area (Å²) in [6.07, 6.45) is -1.18. The molecule has 0 saturated carbocycles. The Morgan fingerprint density at radius 3 is 2.82 bits per heavy atom. The van der Waals surface area contributed by atoms with Crippen LogP contribution in [0, 0.1) is 5.82 Å². The lowest BCUT2D eigenvalue weighted by Crippen LogP contribution is -2.54. The van der Waals surface area contributed by atoms with Crippen molar-refractivity contribution in [3.05, 3.63) is 29.8 Å². The summed E-state index contributed by atoms with van der Waals surface area (Å²) in [7, 11) is 1.65. The molecule has 0 aliphatic carbocycles. The van der Waals surface area contributed by atoms with Crippen molar-refractivity contribution in [1.29, 1.82) is 0 Å². The minimum atomic E-state index is -2.73. The van der Waals surface area contributed by atoms with E-state index in [-0.39, 0.29) is 49.2 Å². The molecule has 2 aromatic rings. The van der Waals surface area contributed by atoms with Crippen LogP contribution < -0.4 is 20.7 Å². The van der Waals surface area contributed by atoms with Gasteiger partial charge in [0.15, 0.2) is 17.4 Å². The number of carbonyl (C=O) groups is 1. The van der Waals surface area contributed by atoms with E-state index in [1.165, 1.54) is 17.9 Å². The third-order valence-electron chi connectivity index (χ3n) is 5.68. The molecule has 9 nitrogen and oxygen atoms in total. The average molecular weight is 464 g/mol. The first kappa shape index (κ1) is 22.7. The summed E-state index contributed by atoms with van der Waals surface area (Å²) in [5.74, 6) is 0.768. The van der Waals surface area contributed by atoms with Crippen molar-refractivity contribution >= 4 is 23.4 Å². The predicted molar refractivity (Wildman–Crippen MR) is 114 cm³/mol. The minimum absolute atomic E-state index is 0.0308. The Morgan fingerprint density at radius 2 is 2.15 bits per heavy atom. The van der Waals surface area contributed by atoms with Crippen LogP contribution in [-0.4, -0.2) is 71.6 Å². The lowest BCUT2D eigenvalue weighted by atomic mass is 10.1. The molecule has 0 spiro atoms. The molecule has 3 N–H and O–H groups in total. The zero-order valence-corrected chi connectivity index (χ0v) is 18.0. The van der Waals surface area contributed by atoms with Crippen LogP contribution in [0.25, 0.3) is 11.4 Å². The molecule has 1 amide bonds. The number of likely N-dealkylation sites (N-methyl/N-ethyl adjacent to an activating group) is 1. The van der Waals surface area contributed by atoms with Gasteiger partial charge in [0.25, 0.3) is 6.43 Å². The molecule has 3 heterocycles. The first-order valence-corrected chi connectivity index (χ1v) is 10.3. The minimum Gasteiger partial charge on any atom is -0.488 e. The highest BCUT2D eigenvalue weighted by atomic mass is 19.3. The maximum Gasteiger partial charge on any atom is 0.260 e. The third kappa shape index (κ3) is 4.14. The second kappa shape index (κ2) is 8.80. The number of fused-ring (bicyclic) bond motifs is 3. The summed E-state index contributed by atoms with van der Waals surface area (Å²) in [6, 6.07) is 0.894. The zero-order chi connectivity index (χ0) is 23.9. The van der Waals surface area contributed by atoms with Crippen LogP contribution in [0.4, 0.5) is 24.7 Å². The average Bonchev–Trinajstić information content (AvgIpc) is 3.10. The summed E-state index contributed by atoms with van der Waals surface area (Å²) in [5, 5.41) is 2.70. The van der Waals surface area contributed by atoms with Crippen LogP contribution in [0.3, 0.4) is 0 Å². The summed E-state index contributed by atoms with van der Waals surface area (Å²) in [4.78, 5) is 30.2. The van der Waals surface area contributed by atoms with Gasteiger partial charge < -0.3 is 25.3 Å². The Kier molecular flexibility index (Phi) is 6.05. The molecule has 2 atom stereocenters. The molecule has 2 aliphatic rings. The van der Waals surface area contributed by atoms with Crippen molar-refractivity contribution in [2.75, 3.05) is 37.0 Å². The van der Waals surface area contributed by atoms with Gasteiger partial charge in [-0.2, -0.15) is 0 Å². The van der Waals surface area contributed by atoms with Gasteiger partial charge in [-0.25, -0.2) is 22.9 Å². The highest BCUT2D eigenvalue weighted by Gasteiger charge is 2.38. The predicted octanol–water partition coefficient (Wildman–Crippen LogP) is 1.47. The van der Waals surface area contributed by atoms with Gasteiger partial charge in [0, 0.05) is 19.3 Å². The van der Waals surface area contributed by atoms with Gasteiger partial charge in [-0.3, -0.25) is 9.69 Å². The van der Waals surface area contributed by atoms with Crippen LogP contribution >= 0.6 is 0 Å². The number of primary amides is 1. The first-order valence-electron chi connectivity index (χ1n) is 10.3. The number of piperazine rings is 1. The van der Waals surface area contributed by atoms with Gasteiger partial charge in [-0.15, -0.1) is 0 Å². The quantitative estimate of drug-likeness (QED) is 0.646. The van der Waals surface area contributed by atoms with Crippen LogP contribution in [0.2, 0.25) is 0 Å². The number of anilines is 2. The molecule has 1 aromatic heterocycles. The SMILES string of the molecule is C[C@H](Nc1ccc2c(c1F)OCCn1cc(N3C(=C=O)CN(C)C[C@H]3C(F)F)nc1-2)C(N)=O. The van der Waals surface area contributed by atoms with Gasteiger partial charge in [0.1, 0.15) is 36.2 Å². The van der Waals surface area contributed by atoms with Crippen LogP contribution in [0.15, 0.2) is 24.0 Å². The number of hydrogen-bond acceptors (Lipinski definition) is 7. The fourth-order valence-corrected chi connectivity index (χ4v) is 4.02. The second-order valence-corrected chi connectivity index (χ2v) is 8.05. The largest absolute Gasteiger partial charge is 0.488 e. The zero-order valence-electron chi connectivity index (χ0n) is 18.0. The van der Waals surface area contributed by atoms with E-state index in [0.717, 1.165) is 0 Å². The molecule has 0 unspecified atom stereocenters. The van der Waals surface area contributed by atoms with Gasteiger partial charge in [0.05, 0.1) is 17.8 Å². The van der Waals surface area contributed by atoms with Crippen molar-refractivity contribution in [2.45, 2.75) is 32.0 Å². The van der Waals surface area contributed by atoms with Gasteiger partial charge >= 0.3 is 0 Å². The molecule has 1 aromatic carbocycles. The van der Waals surface area contributed by atoms with Crippen molar-refractivity contribution in [1.82, 2.24) is 14.5 Å². The molecule has 1 saturated heterocycles. The van der Waals surface area contributed by atoms with E-state index in [1.54, 1.807) is 34.7 Å². The van der Waals surface area contributed by atoms with Crippen molar-refractivity contribution < 1.29 is 27.5 Å². The molecule has 0 bridgehead atoms. The lowest BCUT2D eigenvalue weighted by Gasteiger charge is -2.39. The number of rotatable bonds is 5. The fraction of sp³-hybridized carbons (Fsp3) is 0.429. The summed E-state index contributed by atoms with van der Waals surface area (Å²) in [5.41, 5.74) is 5.63. The standard InChI is InChI=1S/C21H23F3N6O3/c1-11(20(25)32)26-14-4-3-13-18(17(14)22)33-6-5-29-9-16(27-21(13)29)30-12(10-31)7-28(2)8-15(30)19(23)24/h3-4,9,11,15,19,26H,5-8H2,1-2H3,(H2,25,32)/t11-,15-/m0/s1. The number of nitrogens with zero attached hydrogens (tertiary/aromatic N) is 4. The Morgan fingerprint density at radius 1 is 1.39 bits per heavy atom. The number of nitrogens with one attached hydrogen (secondary N) is 1. The molecular weight excluding hydrogens is 441 g/mol. The number of alkyl halides is 2. The number of hydrogen-bond donors (Lipinski definition) is 2. The topological polar surface area (TPSA) is 106 Å². The Hall–Kier alpha value is -3.50. The highest BCUT2D eigenvalue weighted by molar-refractivity contribution is 5.83. The van der Waals surface area contributed by atoms with Crippen LogP contribution in [-0.2, 0) is 16.1 Å². The molecule has 2 aliphatic heterocycles. The third-order valence-corrected chi connectivity index (χ3v) is 5.68. The molecule has 33 heavy (non-hydrogen) atoms. The number of ether oxygens (including phenoxy) is 1. The van der Waals surface area contributed by atoms with Gasteiger partial charge in [0.2, 0.25) is 5.91 Å². The maximum absolute atomic E-state index is 15.2. The van der Waals surface area contributed by atoms with Crippen molar-refractivity contribution in [3.8, 4) is 17.1 Å². The number of halogens is 3. The molecular formula is C21H23F3N6O3. The smallest absolute Gasteiger partial charge is 0.260 e. The fourth-order valence-electron chi connectivity index (χ4n) is 4.02. The van der Waals surface area contributed by atoms with Crippen molar-refractivity contribution in [3.63, 3.8) is 0 Å². The lowest BCUT2D eigenvalue weighted by molar-refractivity contribution is -0.118. The molecule has 0 radical (unpaired) electrons. The highest BCUT2D eigenvalue weighted by Crippen LogP contribution is 2.39. The molecule has 4 rings (SSSR count). The number of amides is 1. The number of nitrogens with two attached hydrogens (primary N) is 1. The van der Waals surface area contributed by atoms with E-state index < -0.39 is 30.2 Å². The molecule has 176 valence electrons. The number of aromatic nitrogens is 2. The Labute approximate surface area is 187 Å². The summed E-state index contributed by atoms with van der Waals surface area (Å²) < 4.78 is 50.1. The van der Waals surface area contributed by atoms with E-state index in [4.69, 9.17) is 10.5 Å².